The van der Waals surface area contributed by atoms with E-state index in [0.29, 0.717) is 11.8 Å². The molecule has 1 aliphatic rings. The average molecular weight is 210 g/mol. The van der Waals surface area contributed by atoms with Gasteiger partial charge in [-0.2, -0.15) is 0 Å². The van der Waals surface area contributed by atoms with Crippen LogP contribution in [0.15, 0.2) is 12.1 Å². The largest absolute Gasteiger partial charge is 0.204 e. The van der Waals surface area contributed by atoms with E-state index < -0.39 is 11.6 Å². The molecule has 1 aromatic rings. The first-order chi connectivity index (χ1) is 7.09. The molecule has 82 valence electrons. The van der Waals surface area contributed by atoms with Crippen LogP contribution in [0.2, 0.25) is 0 Å². The van der Waals surface area contributed by atoms with Crippen molar-refractivity contribution in [3.05, 3.63) is 34.9 Å². The zero-order valence-corrected chi connectivity index (χ0v) is 9.19. The first-order valence-corrected chi connectivity index (χ1v) is 5.57. The number of aryl methyl sites for hydroxylation is 1. The summed E-state index contributed by atoms with van der Waals surface area (Å²) in [5.41, 5.74) is 2.02. The Balaban J connectivity index is 2.47. The van der Waals surface area contributed by atoms with E-state index in [9.17, 15) is 8.78 Å². The summed E-state index contributed by atoms with van der Waals surface area (Å²) in [6.45, 7) is 4.28. The molecule has 0 saturated carbocycles. The maximum absolute atomic E-state index is 13.2. The fraction of sp³-hybridized carbons (Fsp3) is 0.538. The van der Waals surface area contributed by atoms with Crippen molar-refractivity contribution in [2.75, 3.05) is 0 Å². The second kappa shape index (κ2) is 3.92. The van der Waals surface area contributed by atoms with Crippen molar-refractivity contribution < 1.29 is 8.78 Å². The van der Waals surface area contributed by atoms with Crippen LogP contribution >= 0.6 is 0 Å². The van der Waals surface area contributed by atoms with Gasteiger partial charge in [-0.25, -0.2) is 8.78 Å². The number of hydrogen-bond donors (Lipinski definition) is 0. The summed E-state index contributed by atoms with van der Waals surface area (Å²) in [7, 11) is 0. The second-order valence-electron chi connectivity index (χ2n) is 4.71. The fourth-order valence-corrected chi connectivity index (χ4v) is 2.53. The molecule has 1 atom stereocenters. The number of benzene rings is 1. The smallest absolute Gasteiger partial charge is 0.159 e. The lowest BCUT2D eigenvalue weighted by Crippen LogP contribution is -2.15. The summed E-state index contributed by atoms with van der Waals surface area (Å²) in [6.07, 6.45) is 3.06. The Hall–Kier alpha value is -0.920. The molecule has 1 unspecified atom stereocenters. The van der Waals surface area contributed by atoms with Crippen LogP contribution < -0.4 is 0 Å². The Morgan fingerprint density at radius 2 is 1.87 bits per heavy atom. The van der Waals surface area contributed by atoms with Crippen LogP contribution in [0.5, 0.6) is 0 Å². The van der Waals surface area contributed by atoms with Crippen LogP contribution in [-0.4, -0.2) is 0 Å². The van der Waals surface area contributed by atoms with Crippen LogP contribution in [0.25, 0.3) is 0 Å². The molecule has 0 fully saturated rings. The summed E-state index contributed by atoms with van der Waals surface area (Å²) >= 11 is 0. The monoisotopic (exact) mass is 210 g/mol. The lowest BCUT2D eigenvalue weighted by Gasteiger charge is -2.28. The van der Waals surface area contributed by atoms with Crippen molar-refractivity contribution in [1.82, 2.24) is 0 Å². The van der Waals surface area contributed by atoms with E-state index in [1.54, 1.807) is 0 Å². The van der Waals surface area contributed by atoms with Crippen molar-refractivity contribution in [1.29, 1.82) is 0 Å². The Labute approximate surface area is 89.3 Å². The van der Waals surface area contributed by atoms with Crippen LogP contribution in [0.1, 0.15) is 43.7 Å². The first kappa shape index (κ1) is 10.6. The first-order valence-electron chi connectivity index (χ1n) is 5.57. The van der Waals surface area contributed by atoms with E-state index in [-0.39, 0.29) is 0 Å². The highest BCUT2D eigenvalue weighted by atomic mass is 19.2. The normalized spacial score (nSPS) is 20.5. The molecular formula is C13H16F2. The highest BCUT2D eigenvalue weighted by Crippen LogP contribution is 2.37. The third-order valence-corrected chi connectivity index (χ3v) is 3.35. The van der Waals surface area contributed by atoms with Crippen LogP contribution in [0, 0.1) is 17.6 Å². The molecule has 2 heteroatoms. The van der Waals surface area contributed by atoms with Gasteiger partial charge in [0.25, 0.3) is 0 Å². The predicted molar refractivity (Wildman–Crippen MR) is 56.9 cm³/mol. The maximum atomic E-state index is 13.2. The van der Waals surface area contributed by atoms with Crippen molar-refractivity contribution >= 4 is 0 Å². The Bertz CT molecular complexity index is 369. The van der Waals surface area contributed by atoms with Crippen LogP contribution in [0.3, 0.4) is 0 Å². The van der Waals surface area contributed by atoms with E-state index in [0.717, 1.165) is 30.4 Å². The van der Waals surface area contributed by atoms with Gasteiger partial charge in [-0.05, 0) is 54.4 Å². The summed E-state index contributed by atoms with van der Waals surface area (Å²) in [6, 6.07) is 2.77. The summed E-state index contributed by atoms with van der Waals surface area (Å²) in [5, 5.41) is 0. The number of fused-ring (bicyclic) bond motifs is 1. The molecule has 2 rings (SSSR count). The minimum absolute atomic E-state index is 0.392. The Morgan fingerprint density at radius 3 is 2.53 bits per heavy atom. The molecule has 0 heterocycles. The van der Waals surface area contributed by atoms with E-state index >= 15 is 0 Å². The third kappa shape index (κ3) is 1.90. The minimum Gasteiger partial charge on any atom is -0.204 e. The quantitative estimate of drug-likeness (QED) is 0.656. The Kier molecular flexibility index (Phi) is 2.76. The highest BCUT2D eigenvalue weighted by molar-refractivity contribution is 5.34. The van der Waals surface area contributed by atoms with Gasteiger partial charge in [0.2, 0.25) is 0 Å². The predicted octanol–water partition coefficient (Wildman–Crippen LogP) is 4.04. The van der Waals surface area contributed by atoms with E-state index in [2.05, 4.69) is 13.8 Å². The molecule has 1 aromatic carbocycles. The van der Waals surface area contributed by atoms with Crippen LogP contribution in [-0.2, 0) is 6.42 Å². The summed E-state index contributed by atoms with van der Waals surface area (Å²) < 4.78 is 26.2. The second-order valence-corrected chi connectivity index (χ2v) is 4.71. The van der Waals surface area contributed by atoms with Crippen molar-refractivity contribution in [2.24, 2.45) is 5.92 Å². The van der Waals surface area contributed by atoms with E-state index in [4.69, 9.17) is 0 Å². The van der Waals surface area contributed by atoms with Gasteiger partial charge < -0.3 is 0 Å². The molecule has 0 saturated heterocycles. The SMILES string of the molecule is CC(C)C1CCCc2cc(F)c(F)cc21. The molecule has 0 bridgehead atoms. The highest BCUT2D eigenvalue weighted by Gasteiger charge is 2.24. The molecule has 0 N–H and O–H groups in total. The van der Waals surface area contributed by atoms with Gasteiger partial charge in [0.1, 0.15) is 0 Å². The van der Waals surface area contributed by atoms with Crippen molar-refractivity contribution in [3.63, 3.8) is 0 Å². The summed E-state index contributed by atoms with van der Waals surface area (Å²) in [5.74, 6) is -0.530. The van der Waals surface area contributed by atoms with Gasteiger partial charge in [-0.1, -0.05) is 13.8 Å². The molecule has 0 nitrogen and oxygen atoms in total. The van der Waals surface area contributed by atoms with Crippen molar-refractivity contribution in [3.8, 4) is 0 Å². The van der Waals surface area contributed by atoms with Crippen LogP contribution in [0.4, 0.5) is 8.78 Å². The number of hydrogen-bond acceptors (Lipinski definition) is 0. The topological polar surface area (TPSA) is 0 Å². The molecule has 0 aliphatic heterocycles. The lowest BCUT2D eigenvalue weighted by molar-refractivity contribution is 0.424. The average Bonchev–Trinajstić information content (AvgIpc) is 2.18. The van der Waals surface area contributed by atoms with Gasteiger partial charge in [0.05, 0.1) is 0 Å². The van der Waals surface area contributed by atoms with Gasteiger partial charge in [-0.3, -0.25) is 0 Å². The van der Waals surface area contributed by atoms with Gasteiger partial charge in [0.15, 0.2) is 11.6 Å². The molecule has 0 amide bonds. The maximum Gasteiger partial charge on any atom is 0.159 e. The van der Waals surface area contributed by atoms with Gasteiger partial charge in [-0.15, -0.1) is 0 Å². The number of halogens is 2. The zero-order valence-electron chi connectivity index (χ0n) is 9.19. The molecular weight excluding hydrogens is 194 g/mol. The third-order valence-electron chi connectivity index (χ3n) is 3.35. The molecule has 0 radical (unpaired) electrons. The summed E-state index contributed by atoms with van der Waals surface area (Å²) in [4.78, 5) is 0. The van der Waals surface area contributed by atoms with Crippen molar-refractivity contribution in [2.45, 2.75) is 39.0 Å². The minimum atomic E-state index is -0.710. The molecule has 1 aliphatic carbocycles. The lowest BCUT2D eigenvalue weighted by atomic mass is 9.77. The molecule has 15 heavy (non-hydrogen) atoms. The van der Waals surface area contributed by atoms with Gasteiger partial charge in [0, 0.05) is 0 Å². The van der Waals surface area contributed by atoms with E-state index in [1.165, 1.54) is 12.1 Å². The zero-order chi connectivity index (χ0) is 11.0. The molecule has 0 aromatic heterocycles. The Morgan fingerprint density at radius 1 is 1.20 bits per heavy atom. The standard InChI is InChI=1S/C13H16F2/c1-8(2)10-5-3-4-9-6-12(14)13(15)7-11(9)10/h6-8,10H,3-5H2,1-2H3. The number of rotatable bonds is 1. The van der Waals surface area contributed by atoms with Gasteiger partial charge >= 0.3 is 0 Å². The molecule has 0 spiro atoms. The van der Waals surface area contributed by atoms with E-state index in [1.807, 2.05) is 0 Å². The fourth-order valence-electron chi connectivity index (χ4n) is 2.53.